The van der Waals surface area contributed by atoms with Crippen LogP contribution in [0.2, 0.25) is 5.02 Å². The summed E-state index contributed by atoms with van der Waals surface area (Å²) in [6, 6.07) is 6.91. The lowest BCUT2D eigenvalue weighted by Gasteiger charge is -2.47. The maximum atomic E-state index is 14.3. The first-order chi connectivity index (χ1) is 14.4. The van der Waals surface area contributed by atoms with Crippen LogP contribution in [0.5, 0.6) is 0 Å². The summed E-state index contributed by atoms with van der Waals surface area (Å²) in [6.45, 7) is 2.81. The number of hydrogen-bond donors (Lipinski definition) is 1. The largest absolute Gasteiger partial charge is 0.424 e. The second-order valence-corrected chi connectivity index (χ2v) is 8.47. The van der Waals surface area contributed by atoms with E-state index in [9.17, 15) is 27.5 Å². The normalized spacial score (nSPS) is 29.5. The predicted molar refractivity (Wildman–Crippen MR) is 111 cm³/mol. The summed E-state index contributed by atoms with van der Waals surface area (Å²) in [6.07, 6.45) is 0.263. The molecule has 1 aromatic rings. The lowest BCUT2D eigenvalue weighted by atomic mass is 9.67. The molecule has 0 radical (unpaired) electrons. The summed E-state index contributed by atoms with van der Waals surface area (Å²) in [5.74, 6) is -0.216. The van der Waals surface area contributed by atoms with Crippen molar-refractivity contribution in [2.24, 2.45) is 0 Å². The Bertz CT molecular complexity index is 965. The lowest BCUT2D eigenvalue weighted by molar-refractivity contribution is -0.285. The molecular weight excluding hydrogens is 434 g/mol. The van der Waals surface area contributed by atoms with Gasteiger partial charge in [-0.25, -0.2) is 4.39 Å². The minimum atomic E-state index is -5.17. The van der Waals surface area contributed by atoms with E-state index in [0.29, 0.717) is 49.0 Å². The van der Waals surface area contributed by atoms with E-state index in [-0.39, 0.29) is 12.3 Å². The Morgan fingerprint density at radius 2 is 2.03 bits per heavy atom. The zero-order valence-corrected chi connectivity index (χ0v) is 18.0. The number of hydrogen-bond acceptors (Lipinski definition) is 2. The SMILES string of the molecule is CC=C1/C(=C\C2=CC(C)(F)C2(O)C(F)(F)F)CCCCN1C(=O)Cc1cccc(Cl)c1. The van der Waals surface area contributed by atoms with Gasteiger partial charge >= 0.3 is 6.18 Å². The minimum absolute atomic E-state index is 0.0862. The number of allylic oxidation sites excluding steroid dienone is 2. The number of nitrogens with zero attached hydrogens (tertiary/aromatic N) is 1. The Hall–Kier alpha value is -2.12. The molecule has 2 atom stereocenters. The fourth-order valence-corrected chi connectivity index (χ4v) is 4.36. The van der Waals surface area contributed by atoms with Crippen LogP contribution in [0.1, 0.15) is 38.7 Å². The van der Waals surface area contributed by atoms with Crippen LogP contribution >= 0.6 is 11.6 Å². The van der Waals surface area contributed by atoms with Gasteiger partial charge < -0.3 is 10.0 Å². The smallest absolute Gasteiger partial charge is 0.374 e. The highest BCUT2D eigenvalue weighted by Gasteiger charge is 2.71. The Balaban J connectivity index is 1.92. The first-order valence-corrected chi connectivity index (χ1v) is 10.4. The van der Waals surface area contributed by atoms with Crippen molar-refractivity contribution < 1.29 is 27.5 Å². The zero-order valence-electron chi connectivity index (χ0n) is 17.3. The molecule has 168 valence electrons. The van der Waals surface area contributed by atoms with E-state index in [0.717, 1.165) is 11.6 Å². The van der Waals surface area contributed by atoms with Crippen LogP contribution in [0.15, 0.2) is 59.3 Å². The van der Waals surface area contributed by atoms with E-state index in [1.54, 1.807) is 42.2 Å². The van der Waals surface area contributed by atoms with Crippen molar-refractivity contribution in [3.8, 4) is 0 Å². The average Bonchev–Trinajstić information content (AvgIpc) is 2.88. The number of likely N-dealkylation sites (tertiary alicyclic amines) is 1. The van der Waals surface area contributed by atoms with Crippen molar-refractivity contribution in [1.29, 1.82) is 0 Å². The Morgan fingerprint density at radius 3 is 2.61 bits per heavy atom. The molecule has 8 heteroatoms. The summed E-state index contributed by atoms with van der Waals surface area (Å²) < 4.78 is 54.7. The molecule has 3 rings (SSSR count). The van der Waals surface area contributed by atoms with Gasteiger partial charge in [0, 0.05) is 17.3 Å². The Kier molecular flexibility index (Phi) is 6.40. The quantitative estimate of drug-likeness (QED) is 0.593. The van der Waals surface area contributed by atoms with Gasteiger partial charge in [-0.3, -0.25) is 4.79 Å². The van der Waals surface area contributed by atoms with Gasteiger partial charge in [-0.05, 0) is 68.0 Å². The van der Waals surface area contributed by atoms with Gasteiger partial charge in [0.2, 0.25) is 11.5 Å². The fourth-order valence-electron chi connectivity index (χ4n) is 4.15. The molecule has 1 aliphatic heterocycles. The molecule has 1 saturated heterocycles. The fraction of sp³-hybridized carbons (Fsp3) is 0.435. The van der Waals surface area contributed by atoms with Crippen molar-refractivity contribution in [1.82, 2.24) is 4.90 Å². The highest BCUT2D eigenvalue weighted by Crippen LogP contribution is 2.54. The van der Waals surface area contributed by atoms with Gasteiger partial charge in [0.05, 0.1) is 6.42 Å². The Morgan fingerprint density at radius 1 is 1.32 bits per heavy atom. The third kappa shape index (κ3) is 4.30. The van der Waals surface area contributed by atoms with Crippen molar-refractivity contribution >= 4 is 17.5 Å². The summed E-state index contributed by atoms with van der Waals surface area (Å²) in [7, 11) is 0. The van der Waals surface area contributed by atoms with E-state index < -0.39 is 23.0 Å². The van der Waals surface area contributed by atoms with Crippen LogP contribution in [-0.4, -0.2) is 39.9 Å². The molecule has 1 aliphatic carbocycles. The van der Waals surface area contributed by atoms with E-state index in [1.807, 2.05) is 0 Å². The molecule has 0 saturated carbocycles. The molecule has 2 aliphatic rings. The van der Waals surface area contributed by atoms with Crippen LogP contribution in [0.4, 0.5) is 17.6 Å². The van der Waals surface area contributed by atoms with Crippen LogP contribution < -0.4 is 0 Å². The number of alkyl halides is 4. The predicted octanol–water partition coefficient (Wildman–Crippen LogP) is 5.69. The molecule has 1 heterocycles. The topological polar surface area (TPSA) is 40.5 Å². The number of benzene rings is 1. The maximum Gasteiger partial charge on any atom is 0.424 e. The van der Waals surface area contributed by atoms with Crippen molar-refractivity contribution in [3.63, 3.8) is 0 Å². The number of rotatable bonds is 3. The molecular formula is C23H24ClF4NO2. The molecule has 3 nitrogen and oxygen atoms in total. The number of carbonyl (C=O) groups is 1. The van der Waals surface area contributed by atoms with Gasteiger partial charge in [0.15, 0.2) is 5.67 Å². The van der Waals surface area contributed by atoms with Crippen molar-refractivity contribution in [3.05, 3.63) is 69.9 Å². The molecule has 1 amide bonds. The van der Waals surface area contributed by atoms with Gasteiger partial charge in [-0.1, -0.05) is 35.9 Å². The molecule has 0 spiro atoms. The first kappa shape index (κ1) is 23.5. The third-order valence-corrected chi connectivity index (χ3v) is 6.04. The van der Waals surface area contributed by atoms with Crippen molar-refractivity contribution in [2.45, 2.75) is 57.0 Å². The van der Waals surface area contributed by atoms with Crippen molar-refractivity contribution in [2.75, 3.05) is 6.54 Å². The first-order valence-electron chi connectivity index (χ1n) is 10.0. The molecule has 2 unspecified atom stereocenters. The summed E-state index contributed by atoms with van der Waals surface area (Å²) in [5, 5.41) is 10.7. The van der Waals surface area contributed by atoms with Crippen LogP contribution in [0, 0.1) is 0 Å². The van der Waals surface area contributed by atoms with Gasteiger partial charge in [-0.2, -0.15) is 13.2 Å². The van der Waals surface area contributed by atoms with Gasteiger partial charge in [0.1, 0.15) is 0 Å². The number of halogens is 5. The molecule has 31 heavy (non-hydrogen) atoms. The number of carbonyl (C=O) groups excluding carboxylic acids is 1. The average molecular weight is 458 g/mol. The third-order valence-electron chi connectivity index (χ3n) is 5.81. The van der Waals surface area contributed by atoms with E-state index in [2.05, 4.69) is 0 Å². The van der Waals surface area contributed by atoms with Gasteiger partial charge in [-0.15, -0.1) is 0 Å². The molecule has 1 N–H and O–H groups in total. The van der Waals surface area contributed by atoms with E-state index in [4.69, 9.17) is 11.6 Å². The lowest BCUT2D eigenvalue weighted by Crippen LogP contribution is -2.65. The molecule has 0 bridgehead atoms. The molecule has 1 aromatic carbocycles. The van der Waals surface area contributed by atoms with Crippen LogP contribution in [-0.2, 0) is 11.2 Å². The molecule has 0 aromatic heterocycles. The number of aliphatic hydroxyl groups is 1. The summed E-state index contributed by atoms with van der Waals surface area (Å²) in [5.41, 5.74) is -5.37. The van der Waals surface area contributed by atoms with Crippen LogP contribution in [0.3, 0.4) is 0 Å². The standard InChI is InChI=1S/C23H24ClF4NO2/c1-3-19-16(13-17-14-21(2,25)22(17,31)23(26,27)28)8-4-5-10-29(19)20(30)12-15-7-6-9-18(24)11-15/h3,6-7,9,11,13-14,31H,4-5,8,10,12H2,1-2H3/b16-13-,19-3?. The summed E-state index contributed by atoms with van der Waals surface area (Å²) >= 11 is 5.99. The van der Waals surface area contributed by atoms with Gasteiger partial charge in [0.25, 0.3) is 0 Å². The molecule has 1 fully saturated rings. The second-order valence-electron chi connectivity index (χ2n) is 8.04. The second kappa shape index (κ2) is 8.43. The highest BCUT2D eigenvalue weighted by atomic mass is 35.5. The minimum Gasteiger partial charge on any atom is -0.374 e. The Labute approximate surface area is 183 Å². The summed E-state index contributed by atoms with van der Waals surface area (Å²) in [4.78, 5) is 14.6. The number of amides is 1. The monoisotopic (exact) mass is 457 g/mol. The van der Waals surface area contributed by atoms with E-state index in [1.165, 1.54) is 6.08 Å². The highest BCUT2D eigenvalue weighted by molar-refractivity contribution is 6.30. The maximum absolute atomic E-state index is 14.3. The van der Waals surface area contributed by atoms with E-state index >= 15 is 0 Å². The zero-order chi connectivity index (χ0) is 23.0. The van der Waals surface area contributed by atoms with Crippen LogP contribution in [0.25, 0.3) is 0 Å².